The van der Waals surface area contributed by atoms with Gasteiger partial charge in [0.2, 0.25) is 0 Å². The first-order valence-corrected chi connectivity index (χ1v) is 12.3. The van der Waals surface area contributed by atoms with Crippen LogP contribution in [0.25, 0.3) is 0 Å². The molecule has 2 aliphatic rings. The molecule has 3 aromatic carbocycles. The zero-order chi connectivity index (χ0) is 23.3. The number of nitrogens with one attached hydrogen (secondary N) is 1. The van der Waals surface area contributed by atoms with Crippen LogP contribution in [0.15, 0.2) is 78.9 Å². The smallest absolute Gasteiger partial charge is 0.260 e. The van der Waals surface area contributed by atoms with Crippen LogP contribution < -0.4 is 15.1 Å². The number of para-hydroxylation sites is 1. The number of fused-ring (bicyclic) bond motifs is 3. The molecule has 5 rings (SSSR count). The molecule has 1 saturated heterocycles. The summed E-state index contributed by atoms with van der Waals surface area (Å²) < 4.78 is 6.38. The Balaban J connectivity index is 1.37. The number of amides is 1. The molecule has 2 heterocycles. The fraction of sp³-hybridized carbons (Fsp3) is 0.345. The van der Waals surface area contributed by atoms with Gasteiger partial charge >= 0.3 is 0 Å². The molecule has 0 aromatic heterocycles. The molecule has 176 valence electrons. The maximum atomic E-state index is 13.6. The van der Waals surface area contributed by atoms with E-state index in [9.17, 15) is 4.79 Å². The van der Waals surface area contributed by atoms with E-state index in [-0.39, 0.29) is 12.0 Å². The minimum atomic E-state index is 0.0241. The van der Waals surface area contributed by atoms with Gasteiger partial charge in [-0.25, -0.2) is 0 Å². The molecule has 5 heteroatoms. The lowest BCUT2D eigenvalue weighted by molar-refractivity contribution is 0.0344. The molecular formula is C29H33N3O2. The lowest BCUT2D eigenvalue weighted by Gasteiger charge is -2.28. The minimum Gasteiger partial charge on any atom is -0.369 e. The highest BCUT2D eigenvalue weighted by Gasteiger charge is 2.35. The average molecular weight is 456 g/mol. The largest absolute Gasteiger partial charge is 0.369 e. The number of carbonyl (C=O) groups excluding carboxylic acids is 1. The molecule has 5 nitrogen and oxygen atoms in total. The molecule has 2 aliphatic heterocycles. The number of hydrogen-bond acceptors (Lipinski definition) is 4. The second-order valence-electron chi connectivity index (χ2n) is 9.19. The molecule has 0 saturated carbocycles. The minimum absolute atomic E-state index is 0.0241. The predicted octanol–water partition coefficient (Wildman–Crippen LogP) is 5.18. The van der Waals surface area contributed by atoms with Crippen LogP contribution >= 0.6 is 0 Å². The lowest BCUT2D eigenvalue weighted by Crippen LogP contribution is -2.39. The highest BCUT2D eigenvalue weighted by molar-refractivity contribution is 6.10. The monoisotopic (exact) mass is 455 g/mol. The first-order valence-electron chi connectivity index (χ1n) is 12.3. The van der Waals surface area contributed by atoms with E-state index in [0.29, 0.717) is 19.2 Å². The van der Waals surface area contributed by atoms with Gasteiger partial charge in [-0.2, -0.15) is 0 Å². The fourth-order valence-corrected chi connectivity index (χ4v) is 5.21. The van der Waals surface area contributed by atoms with Crippen LogP contribution in [0.1, 0.15) is 46.9 Å². The van der Waals surface area contributed by atoms with E-state index in [2.05, 4.69) is 52.7 Å². The molecule has 2 atom stereocenters. The molecule has 1 N–H and O–H groups in total. The Morgan fingerprint density at radius 3 is 2.71 bits per heavy atom. The summed E-state index contributed by atoms with van der Waals surface area (Å²) in [6, 6.07) is 27.1. The summed E-state index contributed by atoms with van der Waals surface area (Å²) in [5.74, 6) is 0.0826. The number of ether oxygens (including phenoxy) is 1. The molecule has 3 aromatic rings. The number of anilines is 2. The van der Waals surface area contributed by atoms with E-state index in [0.717, 1.165) is 48.4 Å². The average Bonchev–Trinajstić information content (AvgIpc) is 3.31. The van der Waals surface area contributed by atoms with E-state index in [1.54, 1.807) is 0 Å². The Kier molecular flexibility index (Phi) is 6.93. The van der Waals surface area contributed by atoms with Gasteiger partial charge in [-0.05, 0) is 68.2 Å². The molecule has 1 fully saturated rings. The third-order valence-corrected chi connectivity index (χ3v) is 6.96. The Labute approximate surface area is 202 Å². The van der Waals surface area contributed by atoms with Crippen LogP contribution in [0.3, 0.4) is 0 Å². The van der Waals surface area contributed by atoms with Crippen LogP contribution in [-0.4, -0.2) is 38.6 Å². The highest BCUT2D eigenvalue weighted by atomic mass is 16.5. The van der Waals surface area contributed by atoms with Gasteiger partial charge in [0.25, 0.3) is 5.91 Å². The summed E-state index contributed by atoms with van der Waals surface area (Å²) in [5, 5.41) is 3.23. The Bertz CT molecular complexity index is 1120. The van der Waals surface area contributed by atoms with Gasteiger partial charge in [0, 0.05) is 30.5 Å². The van der Waals surface area contributed by atoms with Gasteiger partial charge in [0.15, 0.2) is 0 Å². The molecule has 0 spiro atoms. The van der Waals surface area contributed by atoms with Gasteiger partial charge in [0.05, 0.1) is 18.3 Å². The van der Waals surface area contributed by atoms with E-state index in [4.69, 9.17) is 4.74 Å². The number of rotatable bonds is 8. The maximum absolute atomic E-state index is 13.6. The van der Waals surface area contributed by atoms with Crippen LogP contribution in [0.4, 0.5) is 11.4 Å². The van der Waals surface area contributed by atoms with E-state index < -0.39 is 0 Å². The topological polar surface area (TPSA) is 44.8 Å². The van der Waals surface area contributed by atoms with E-state index in [1.807, 2.05) is 48.3 Å². The standard InChI is InChI=1S/C29H33N3O2/c1-30-17-16-28(23-10-3-2-4-11-23)34-21-22-9-7-12-24(19-22)32-20-25-13-8-18-31(25)27-15-6-5-14-26(27)29(32)33/h2-7,9-12,14-15,19,25,28,30H,8,13,16-18,20-21H2,1H3/t25-,28-/m0/s1. The summed E-state index contributed by atoms with van der Waals surface area (Å²) in [4.78, 5) is 18.0. The van der Waals surface area contributed by atoms with Crippen LogP contribution in [0.5, 0.6) is 0 Å². The SMILES string of the molecule is CNCC[C@H](OCc1cccc(N2C[C@@H]3CCCN3c3ccccc3C2=O)c1)c1ccccc1. The second kappa shape index (κ2) is 10.4. The summed E-state index contributed by atoms with van der Waals surface area (Å²) in [6.07, 6.45) is 3.21. The van der Waals surface area contributed by atoms with Crippen molar-refractivity contribution in [3.05, 3.63) is 95.6 Å². The molecule has 0 aliphatic carbocycles. The zero-order valence-corrected chi connectivity index (χ0v) is 19.8. The number of nitrogens with zero attached hydrogens (tertiary/aromatic N) is 2. The summed E-state index contributed by atoms with van der Waals surface area (Å²) in [6.45, 7) is 3.13. The van der Waals surface area contributed by atoms with Crippen molar-refractivity contribution in [1.29, 1.82) is 0 Å². The lowest BCUT2D eigenvalue weighted by atomic mass is 10.1. The normalized spacial score (nSPS) is 18.4. The number of carbonyl (C=O) groups is 1. The Hall–Kier alpha value is -3.15. The number of hydrogen-bond donors (Lipinski definition) is 1. The first kappa shape index (κ1) is 22.6. The van der Waals surface area contributed by atoms with Crippen molar-refractivity contribution in [1.82, 2.24) is 5.32 Å². The second-order valence-corrected chi connectivity index (χ2v) is 9.19. The van der Waals surface area contributed by atoms with Gasteiger partial charge in [0.1, 0.15) is 0 Å². The van der Waals surface area contributed by atoms with Crippen molar-refractivity contribution in [3.63, 3.8) is 0 Å². The van der Waals surface area contributed by atoms with Crippen LogP contribution in [-0.2, 0) is 11.3 Å². The van der Waals surface area contributed by atoms with Crippen molar-refractivity contribution >= 4 is 17.3 Å². The van der Waals surface area contributed by atoms with Gasteiger partial charge in [-0.3, -0.25) is 4.79 Å². The van der Waals surface area contributed by atoms with Crippen molar-refractivity contribution in [2.45, 2.75) is 38.0 Å². The summed E-state index contributed by atoms with van der Waals surface area (Å²) in [5.41, 5.74) is 5.09. The quantitative estimate of drug-likeness (QED) is 0.508. The highest BCUT2D eigenvalue weighted by Crippen LogP contribution is 2.35. The molecule has 0 unspecified atom stereocenters. The fourth-order valence-electron chi connectivity index (χ4n) is 5.21. The van der Waals surface area contributed by atoms with Crippen molar-refractivity contribution in [2.75, 3.05) is 36.5 Å². The third-order valence-electron chi connectivity index (χ3n) is 6.96. The molecule has 1 amide bonds. The summed E-state index contributed by atoms with van der Waals surface area (Å²) in [7, 11) is 1.97. The van der Waals surface area contributed by atoms with Crippen LogP contribution in [0.2, 0.25) is 0 Å². The van der Waals surface area contributed by atoms with Gasteiger partial charge in [-0.1, -0.05) is 54.6 Å². The van der Waals surface area contributed by atoms with Crippen molar-refractivity contribution < 1.29 is 9.53 Å². The van der Waals surface area contributed by atoms with Crippen LogP contribution in [0, 0.1) is 0 Å². The van der Waals surface area contributed by atoms with Crippen molar-refractivity contribution in [2.24, 2.45) is 0 Å². The Morgan fingerprint density at radius 2 is 1.85 bits per heavy atom. The van der Waals surface area contributed by atoms with E-state index in [1.165, 1.54) is 12.0 Å². The predicted molar refractivity (Wildman–Crippen MR) is 137 cm³/mol. The third kappa shape index (κ3) is 4.72. The zero-order valence-electron chi connectivity index (χ0n) is 19.8. The van der Waals surface area contributed by atoms with Gasteiger partial charge < -0.3 is 19.9 Å². The maximum Gasteiger partial charge on any atom is 0.260 e. The molecular weight excluding hydrogens is 422 g/mol. The molecule has 0 radical (unpaired) electrons. The van der Waals surface area contributed by atoms with Crippen molar-refractivity contribution in [3.8, 4) is 0 Å². The number of benzene rings is 3. The Morgan fingerprint density at radius 1 is 1.03 bits per heavy atom. The molecule has 0 bridgehead atoms. The van der Waals surface area contributed by atoms with E-state index >= 15 is 0 Å². The summed E-state index contributed by atoms with van der Waals surface area (Å²) >= 11 is 0. The van der Waals surface area contributed by atoms with Gasteiger partial charge in [-0.15, -0.1) is 0 Å². The first-order chi connectivity index (χ1) is 16.7. The molecule has 34 heavy (non-hydrogen) atoms.